The van der Waals surface area contributed by atoms with Crippen molar-refractivity contribution < 1.29 is 27.1 Å². The van der Waals surface area contributed by atoms with Crippen LogP contribution in [0.5, 0.6) is 11.8 Å². The lowest BCUT2D eigenvalue weighted by atomic mass is 9.95. The minimum absolute atomic E-state index is 0.0591. The van der Waals surface area contributed by atoms with E-state index in [-0.39, 0.29) is 36.7 Å². The number of piperazine rings is 1. The molecule has 4 saturated heterocycles. The Morgan fingerprint density at radius 1 is 1.12 bits per heavy atom. The van der Waals surface area contributed by atoms with Crippen LogP contribution in [-0.4, -0.2) is 83.0 Å². The van der Waals surface area contributed by atoms with Crippen LogP contribution < -0.4 is 19.9 Å². The van der Waals surface area contributed by atoms with Gasteiger partial charge in [0.1, 0.15) is 24.3 Å². The van der Waals surface area contributed by atoms with Crippen molar-refractivity contribution in [2.75, 3.05) is 49.1 Å². The molecule has 8 nitrogen and oxygen atoms in total. The monoisotopic (exact) mass is 583 g/mol. The number of aromatic hydroxyl groups is 1. The molecule has 0 radical (unpaired) electrons. The summed E-state index contributed by atoms with van der Waals surface area (Å²) in [6.45, 7) is -0.0513. The summed E-state index contributed by atoms with van der Waals surface area (Å²) in [5, 5.41) is 14.5. The fourth-order valence-corrected chi connectivity index (χ4v) is 7.72. The number of nitrogens with one attached hydrogen (secondary N) is 1. The van der Waals surface area contributed by atoms with Gasteiger partial charge in [-0.25, -0.2) is 13.2 Å². The van der Waals surface area contributed by atoms with Crippen LogP contribution in [0, 0.1) is 11.6 Å². The maximum Gasteiger partial charge on any atom is 0.318 e. The smallest absolute Gasteiger partial charge is 0.318 e. The van der Waals surface area contributed by atoms with Crippen molar-refractivity contribution in [2.24, 2.45) is 0 Å². The summed E-state index contributed by atoms with van der Waals surface area (Å²) >= 11 is 0. The first-order valence-corrected chi connectivity index (χ1v) is 14.8. The highest BCUT2D eigenvalue weighted by molar-refractivity contribution is 5.96. The van der Waals surface area contributed by atoms with Crippen molar-refractivity contribution in [1.29, 1.82) is 0 Å². The molecule has 8 rings (SSSR count). The van der Waals surface area contributed by atoms with Gasteiger partial charge in [-0.3, -0.25) is 4.90 Å². The lowest BCUT2D eigenvalue weighted by Crippen LogP contribution is -2.52. The van der Waals surface area contributed by atoms with E-state index in [0.29, 0.717) is 67.0 Å². The lowest BCUT2D eigenvalue weighted by molar-refractivity contribution is 0.107. The van der Waals surface area contributed by atoms with Crippen LogP contribution in [0.25, 0.3) is 10.8 Å². The van der Waals surface area contributed by atoms with Crippen molar-refractivity contribution in [2.45, 2.75) is 68.8 Å². The van der Waals surface area contributed by atoms with Gasteiger partial charge < -0.3 is 25.0 Å². The predicted octanol–water partition coefficient (Wildman–Crippen LogP) is 4.07. The number of hydrogen-bond acceptors (Lipinski definition) is 8. The van der Waals surface area contributed by atoms with E-state index in [1.807, 2.05) is 4.90 Å². The fraction of sp³-hybridized carbons (Fsp3) is 0.548. The maximum atomic E-state index is 15.2. The molecule has 3 aromatic rings. The van der Waals surface area contributed by atoms with Crippen LogP contribution in [0.3, 0.4) is 0 Å². The normalized spacial score (nSPS) is 32.0. The summed E-state index contributed by atoms with van der Waals surface area (Å²) in [5.41, 5.74) is 0.452. The second-order valence-electron chi connectivity index (χ2n) is 12.3. The molecule has 0 aliphatic carbocycles. The average Bonchev–Trinajstić information content (AvgIpc) is 3.62. The van der Waals surface area contributed by atoms with Crippen LogP contribution in [0.1, 0.15) is 47.5 Å². The van der Waals surface area contributed by atoms with E-state index in [0.717, 1.165) is 37.6 Å². The molecule has 42 heavy (non-hydrogen) atoms. The minimum Gasteiger partial charge on any atom is -0.508 e. The lowest BCUT2D eigenvalue weighted by Gasteiger charge is -2.38. The Labute approximate surface area is 246 Å². The van der Waals surface area contributed by atoms with Gasteiger partial charge in [0.15, 0.2) is 11.6 Å². The molecule has 0 saturated carbocycles. The Kier molecular flexibility index (Phi) is 5.45. The Morgan fingerprint density at radius 2 is 1.95 bits per heavy atom. The molecule has 5 aliphatic heterocycles. The quantitative estimate of drug-likeness (QED) is 0.466. The van der Waals surface area contributed by atoms with Crippen LogP contribution in [0.2, 0.25) is 0 Å². The zero-order valence-corrected chi connectivity index (χ0v) is 23.2. The van der Waals surface area contributed by atoms with E-state index in [2.05, 4.69) is 10.2 Å². The Bertz CT molecular complexity index is 1690. The highest BCUT2D eigenvalue weighted by atomic mass is 19.2. The van der Waals surface area contributed by atoms with Gasteiger partial charge in [0.05, 0.1) is 27.6 Å². The summed E-state index contributed by atoms with van der Waals surface area (Å²) in [7, 11) is 0. The van der Waals surface area contributed by atoms with Gasteiger partial charge in [0.2, 0.25) is 0 Å². The molecule has 5 aliphatic rings. The molecule has 4 atom stereocenters. The Hall–Kier alpha value is -3.31. The maximum absolute atomic E-state index is 15.2. The zero-order valence-electron chi connectivity index (χ0n) is 26.2. The van der Waals surface area contributed by atoms with Gasteiger partial charge in [-0.15, -0.1) is 0 Å². The van der Waals surface area contributed by atoms with E-state index < -0.39 is 29.9 Å². The number of benzene rings is 2. The van der Waals surface area contributed by atoms with Crippen LogP contribution in [0.4, 0.5) is 24.7 Å². The van der Waals surface area contributed by atoms with Gasteiger partial charge >= 0.3 is 6.01 Å². The molecule has 6 heterocycles. The molecule has 2 N–H and O–H groups in total. The number of ether oxygens (including phenoxy) is 1. The number of phenolic OH excluding ortho intramolecular Hbond substituents is 1. The molecular weight excluding hydrogens is 545 g/mol. The molecule has 1 aromatic heterocycles. The number of anilines is 2. The molecule has 11 heteroatoms. The third-order valence-corrected chi connectivity index (χ3v) is 9.65. The fourth-order valence-electron chi connectivity index (χ4n) is 7.72. The number of alkyl halides is 1. The first-order chi connectivity index (χ1) is 21.4. The number of nitrogens with zero attached hydrogens (tertiary/aromatic N) is 5. The summed E-state index contributed by atoms with van der Waals surface area (Å²) in [4.78, 5) is 15.2. The highest BCUT2D eigenvalue weighted by Gasteiger charge is 2.49. The number of fused-ring (bicyclic) bond motifs is 5. The Balaban J connectivity index is 1.19. The van der Waals surface area contributed by atoms with Crippen LogP contribution in [-0.2, 0) is 13.0 Å². The zero-order chi connectivity index (χ0) is 31.3. The standard InChI is InChI=1S/C31H35F3N6O2/c32-19-12-31(7-1-8-40(31)13-19)17-42-30-36-25-16-38(26-11-22(41)10-18-2-5-24(33)28(34)27(18)26)9-6-23(25)29(37-30)39-14-20-3-4-21(15-39)35-20/h2,5,10-11,19-21,35,41H,1,3-4,6-9,12-17H2/t19-,20-,21+,31+/m1/s1/i17D2,19D. The predicted molar refractivity (Wildman–Crippen MR) is 153 cm³/mol. The third-order valence-electron chi connectivity index (χ3n) is 9.65. The number of hydrogen-bond donors (Lipinski definition) is 2. The second kappa shape index (κ2) is 9.87. The van der Waals surface area contributed by atoms with E-state index in [4.69, 9.17) is 18.8 Å². The topological polar surface area (TPSA) is 77.0 Å². The molecule has 2 aromatic carbocycles. The van der Waals surface area contributed by atoms with Gasteiger partial charge in [-0.2, -0.15) is 9.97 Å². The van der Waals surface area contributed by atoms with Crippen molar-refractivity contribution in [3.63, 3.8) is 0 Å². The van der Waals surface area contributed by atoms with Crippen molar-refractivity contribution in [1.82, 2.24) is 20.2 Å². The molecule has 0 amide bonds. The third kappa shape index (κ3) is 4.35. The Morgan fingerprint density at radius 3 is 2.79 bits per heavy atom. The van der Waals surface area contributed by atoms with Gasteiger partial charge in [0, 0.05) is 61.7 Å². The summed E-state index contributed by atoms with van der Waals surface area (Å²) < 4.78 is 76.7. The second-order valence-corrected chi connectivity index (χ2v) is 12.3. The highest BCUT2D eigenvalue weighted by Crippen LogP contribution is 2.41. The van der Waals surface area contributed by atoms with Gasteiger partial charge in [-0.1, -0.05) is 6.07 Å². The molecule has 4 fully saturated rings. The van der Waals surface area contributed by atoms with E-state index in [9.17, 15) is 13.9 Å². The molecule has 0 unspecified atom stereocenters. The first kappa shape index (κ1) is 23.2. The van der Waals surface area contributed by atoms with Gasteiger partial charge in [-0.05, 0) is 56.2 Å². The largest absolute Gasteiger partial charge is 0.508 e. The summed E-state index contributed by atoms with van der Waals surface area (Å²) in [6, 6.07) is 5.71. The van der Waals surface area contributed by atoms with Crippen LogP contribution >= 0.6 is 0 Å². The van der Waals surface area contributed by atoms with Crippen molar-refractivity contribution in [3.8, 4) is 11.8 Å². The van der Waals surface area contributed by atoms with E-state index >= 15 is 4.39 Å². The van der Waals surface area contributed by atoms with E-state index in [1.54, 1.807) is 4.90 Å². The molecule has 0 spiro atoms. The van der Waals surface area contributed by atoms with Crippen molar-refractivity contribution >= 4 is 22.3 Å². The van der Waals surface area contributed by atoms with Crippen molar-refractivity contribution in [3.05, 3.63) is 47.2 Å². The minimum atomic E-state index is -2.39. The summed E-state index contributed by atoms with van der Waals surface area (Å²) in [6.07, 6.45) is 1.01. The first-order valence-electron chi connectivity index (χ1n) is 16.3. The number of phenols is 1. The number of aromatic nitrogens is 2. The summed E-state index contributed by atoms with van der Waals surface area (Å²) in [5.74, 6) is -1.41. The van der Waals surface area contributed by atoms with Crippen LogP contribution in [0.15, 0.2) is 24.3 Å². The SMILES string of the molecule is [2H]C([2H])(Oc1nc2c(c(N3C[C@H]4CC[C@@H](C3)N4)n1)CCN(c1cc(O)cc3ccc(F)c(F)c13)C2)[C@@]12CCCN1C[C@]([2H])(F)C2. The molecular formula is C31H35F3N6O2. The van der Waals surface area contributed by atoms with E-state index in [1.165, 1.54) is 18.2 Å². The average molecular weight is 584 g/mol. The molecule has 222 valence electrons. The number of halogens is 3. The number of rotatable bonds is 5. The van der Waals surface area contributed by atoms with Gasteiger partial charge in [0.25, 0.3) is 0 Å². The molecule has 2 bridgehead atoms.